The van der Waals surface area contributed by atoms with Gasteiger partial charge >= 0.3 is 0 Å². The molecule has 0 spiro atoms. The molecule has 0 bridgehead atoms. The van der Waals surface area contributed by atoms with Crippen molar-refractivity contribution < 1.29 is 4.74 Å². The van der Waals surface area contributed by atoms with E-state index in [-0.39, 0.29) is 0 Å². The molecule has 0 fully saturated rings. The first kappa shape index (κ1) is 13.6. The van der Waals surface area contributed by atoms with Crippen molar-refractivity contribution >= 4 is 0 Å². The monoisotopic (exact) mass is 255 g/mol. The van der Waals surface area contributed by atoms with E-state index in [1.165, 1.54) is 27.8 Å². The summed E-state index contributed by atoms with van der Waals surface area (Å²) in [6.07, 6.45) is 0. The summed E-state index contributed by atoms with van der Waals surface area (Å²) in [5.74, 6) is 0.965. The van der Waals surface area contributed by atoms with Crippen molar-refractivity contribution in [1.82, 2.24) is 0 Å². The summed E-state index contributed by atoms with van der Waals surface area (Å²) in [7, 11) is 1.73. The average Bonchev–Trinajstić information content (AvgIpc) is 2.42. The van der Waals surface area contributed by atoms with Crippen LogP contribution in [0.15, 0.2) is 30.3 Å². The lowest BCUT2D eigenvalue weighted by Gasteiger charge is -2.17. The Morgan fingerprint density at radius 1 is 1.05 bits per heavy atom. The van der Waals surface area contributed by atoms with Crippen molar-refractivity contribution in [1.29, 1.82) is 0 Å². The van der Waals surface area contributed by atoms with E-state index in [1.807, 2.05) is 12.1 Å². The van der Waals surface area contributed by atoms with Crippen LogP contribution >= 0.6 is 0 Å². The smallest absolute Gasteiger partial charge is 0.130 e. The zero-order valence-electron chi connectivity index (χ0n) is 12.1. The topological polar surface area (TPSA) is 35.2 Å². The summed E-state index contributed by atoms with van der Waals surface area (Å²) in [6, 6.07) is 10.6. The Morgan fingerprint density at radius 2 is 1.79 bits per heavy atom. The predicted molar refractivity (Wildman–Crippen MR) is 80.5 cm³/mol. The molecule has 0 unspecified atom stereocenters. The Kier molecular flexibility index (Phi) is 3.91. The zero-order valence-corrected chi connectivity index (χ0v) is 12.1. The van der Waals surface area contributed by atoms with Gasteiger partial charge < -0.3 is 10.5 Å². The highest BCUT2D eigenvalue weighted by atomic mass is 16.5. The fraction of sp³-hybridized carbons (Fsp3) is 0.294. The summed E-state index contributed by atoms with van der Waals surface area (Å²) in [4.78, 5) is 0. The van der Waals surface area contributed by atoms with Gasteiger partial charge in [0.25, 0.3) is 0 Å². The van der Waals surface area contributed by atoms with Crippen LogP contribution in [0.4, 0.5) is 0 Å². The predicted octanol–water partition coefficient (Wildman–Crippen LogP) is 3.75. The standard InChI is InChI=1S/C17H21NO/c1-11-8-12(2)16(17(19-4)13(11)3)15-7-5-6-14(9-15)10-18/h5-9H,10,18H2,1-4H3. The molecule has 0 aliphatic rings. The minimum Gasteiger partial charge on any atom is -0.496 e. The molecule has 2 nitrogen and oxygen atoms in total. The van der Waals surface area contributed by atoms with Crippen LogP contribution in [-0.2, 0) is 6.54 Å². The van der Waals surface area contributed by atoms with E-state index in [0.29, 0.717) is 6.54 Å². The van der Waals surface area contributed by atoms with Crippen molar-refractivity contribution in [3.8, 4) is 16.9 Å². The summed E-state index contributed by atoms with van der Waals surface area (Å²) in [5, 5.41) is 0. The van der Waals surface area contributed by atoms with Crippen LogP contribution in [0.25, 0.3) is 11.1 Å². The highest BCUT2D eigenvalue weighted by Gasteiger charge is 2.14. The third kappa shape index (κ3) is 2.49. The minimum atomic E-state index is 0.556. The molecule has 19 heavy (non-hydrogen) atoms. The van der Waals surface area contributed by atoms with Gasteiger partial charge in [0, 0.05) is 12.1 Å². The van der Waals surface area contributed by atoms with Gasteiger partial charge in [-0.3, -0.25) is 0 Å². The molecule has 0 radical (unpaired) electrons. The fourth-order valence-electron chi connectivity index (χ4n) is 2.52. The van der Waals surface area contributed by atoms with E-state index in [2.05, 4.69) is 39.0 Å². The van der Waals surface area contributed by atoms with Gasteiger partial charge in [0.15, 0.2) is 0 Å². The molecular weight excluding hydrogens is 234 g/mol. The van der Waals surface area contributed by atoms with Crippen molar-refractivity contribution in [3.63, 3.8) is 0 Å². The summed E-state index contributed by atoms with van der Waals surface area (Å²) < 4.78 is 5.63. The lowest BCUT2D eigenvalue weighted by molar-refractivity contribution is 0.412. The first-order valence-corrected chi connectivity index (χ1v) is 6.52. The van der Waals surface area contributed by atoms with Crippen LogP contribution in [-0.4, -0.2) is 7.11 Å². The summed E-state index contributed by atoms with van der Waals surface area (Å²) >= 11 is 0. The summed E-state index contributed by atoms with van der Waals surface area (Å²) in [5.41, 5.74) is 12.9. The first-order valence-electron chi connectivity index (χ1n) is 6.52. The molecule has 0 heterocycles. The number of aryl methyl sites for hydroxylation is 2. The van der Waals surface area contributed by atoms with Crippen LogP contribution < -0.4 is 10.5 Å². The Morgan fingerprint density at radius 3 is 2.42 bits per heavy atom. The first-order chi connectivity index (χ1) is 9.08. The van der Waals surface area contributed by atoms with E-state index >= 15 is 0 Å². The largest absolute Gasteiger partial charge is 0.496 e. The number of ether oxygens (including phenoxy) is 1. The highest BCUT2D eigenvalue weighted by molar-refractivity contribution is 5.76. The number of methoxy groups -OCH3 is 1. The molecule has 2 aromatic carbocycles. The number of rotatable bonds is 3. The minimum absolute atomic E-state index is 0.556. The maximum absolute atomic E-state index is 5.73. The van der Waals surface area contributed by atoms with Gasteiger partial charge in [0.1, 0.15) is 5.75 Å². The van der Waals surface area contributed by atoms with Gasteiger partial charge in [-0.1, -0.05) is 24.3 Å². The van der Waals surface area contributed by atoms with Gasteiger partial charge in [0.05, 0.1) is 7.11 Å². The van der Waals surface area contributed by atoms with Gasteiger partial charge in [-0.2, -0.15) is 0 Å². The van der Waals surface area contributed by atoms with Gasteiger partial charge in [-0.15, -0.1) is 0 Å². The van der Waals surface area contributed by atoms with Crippen molar-refractivity contribution in [2.45, 2.75) is 27.3 Å². The zero-order chi connectivity index (χ0) is 14.0. The third-order valence-electron chi connectivity index (χ3n) is 3.64. The molecular formula is C17H21NO. The molecule has 0 saturated carbocycles. The van der Waals surface area contributed by atoms with Crippen LogP contribution in [0.5, 0.6) is 5.75 Å². The van der Waals surface area contributed by atoms with E-state index in [4.69, 9.17) is 10.5 Å². The molecule has 100 valence electrons. The van der Waals surface area contributed by atoms with Gasteiger partial charge in [-0.25, -0.2) is 0 Å². The van der Waals surface area contributed by atoms with Crippen LogP contribution in [0, 0.1) is 20.8 Å². The number of benzene rings is 2. The second kappa shape index (κ2) is 5.45. The van der Waals surface area contributed by atoms with Crippen LogP contribution in [0.1, 0.15) is 22.3 Å². The Balaban J connectivity index is 2.70. The van der Waals surface area contributed by atoms with Crippen LogP contribution in [0.3, 0.4) is 0 Å². The normalized spacial score (nSPS) is 10.6. The summed E-state index contributed by atoms with van der Waals surface area (Å²) in [6.45, 7) is 6.90. The molecule has 2 aromatic rings. The Bertz CT molecular complexity index is 602. The van der Waals surface area contributed by atoms with E-state index in [1.54, 1.807) is 7.11 Å². The maximum atomic E-state index is 5.73. The molecule has 2 N–H and O–H groups in total. The van der Waals surface area contributed by atoms with Crippen molar-refractivity contribution in [3.05, 3.63) is 52.6 Å². The second-order valence-electron chi connectivity index (χ2n) is 4.95. The Labute approximate surface area is 115 Å². The number of hydrogen-bond donors (Lipinski definition) is 1. The van der Waals surface area contributed by atoms with E-state index in [0.717, 1.165) is 11.3 Å². The second-order valence-corrected chi connectivity index (χ2v) is 4.95. The SMILES string of the molecule is COc1c(C)c(C)cc(C)c1-c1cccc(CN)c1. The quantitative estimate of drug-likeness (QED) is 0.906. The van der Waals surface area contributed by atoms with Gasteiger partial charge in [0.2, 0.25) is 0 Å². The molecule has 0 aliphatic heterocycles. The molecule has 2 rings (SSSR count). The average molecular weight is 255 g/mol. The van der Waals surface area contributed by atoms with E-state index < -0.39 is 0 Å². The van der Waals surface area contributed by atoms with Gasteiger partial charge in [-0.05, 0) is 54.7 Å². The lowest BCUT2D eigenvalue weighted by Crippen LogP contribution is -1.99. The Hall–Kier alpha value is -1.80. The molecule has 0 amide bonds. The van der Waals surface area contributed by atoms with Crippen molar-refractivity contribution in [2.75, 3.05) is 7.11 Å². The highest BCUT2D eigenvalue weighted by Crippen LogP contribution is 2.37. The third-order valence-corrected chi connectivity index (χ3v) is 3.64. The maximum Gasteiger partial charge on any atom is 0.130 e. The lowest BCUT2D eigenvalue weighted by atomic mass is 9.93. The molecule has 0 atom stereocenters. The van der Waals surface area contributed by atoms with Crippen LogP contribution in [0.2, 0.25) is 0 Å². The number of hydrogen-bond acceptors (Lipinski definition) is 2. The molecule has 0 saturated heterocycles. The molecule has 0 aliphatic carbocycles. The number of nitrogens with two attached hydrogens (primary N) is 1. The molecule has 2 heteroatoms. The van der Waals surface area contributed by atoms with E-state index in [9.17, 15) is 0 Å². The molecule has 0 aromatic heterocycles. The fourth-order valence-corrected chi connectivity index (χ4v) is 2.52. The van der Waals surface area contributed by atoms with Crippen molar-refractivity contribution in [2.24, 2.45) is 5.73 Å².